The molecule has 2 heterocycles. The van der Waals surface area contributed by atoms with Crippen molar-refractivity contribution in [1.82, 2.24) is 14.8 Å². The monoisotopic (exact) mass is 285 g/mol. The van der Waals surface area contributed by atoms with Crippen LogP contribution in [0.15, 0.2) is 10.6 Å². The van der Waals surface area contributed by atoms with Crippen LogP contribution in [0.3, 0.4) is 0 Å². The maximum Gasteiger partial charge on any atom is 0.376 e. The van der Waals surface area contributed by atoms with Gasteiger partial charge < -0.3 is 9.15 Å². The summed E-state index contributed by atoms with van der Waals surface area (Å²) in [5, 5.41) is 4.07. The number of aromatic nitrogens is 3. The smallest absolute Gasteiger partial charge is 0.376 e. The molecule has 0 aliphatic rings. The number of ether oxygens (including phenoxy) is 1. The molecule has 20 heavy (non-hydrogen) atoms. The summed E-state index contributed by atoms with van der Waals surface area (Å²) in [6, 6.07) is 0. The van der Waals surface area contributed by atoms with E-state index in [1.807, 2.05) is 0 Å². The summed E-state index contributed by atoms with van der Waals surface area (Å²) in [5.41, 5.74) is 0.289. The average Bonchev–Trinajstić information content (AvgIpc) is 2.93. The molecule has 0 saturated heterocycles. The van der Waals surface area contributed by atoms with Crippen molar-refractivity contribution in [2.45, 2.75) is 20.3 Å². The summed E-state index contributed by atoms with van der Waals surface area (Å²) >= 11 is 0. The predicted molar refractivity (Wildman–Crippen MR) is 64.4 cm³/mol. The Morgan fingerprint density at radius 1 is 1.55 bits per heavy atom. The van der Waals surface area contributed by atoms with Gasteiger partial charge in [-0.2, -0.15) is 5.10 Å². The maximum atomic E-state index is 12.9. The first-order chi connectivity index (χ1) is 9.43. The number of rotatable bonds is 4. The topological polar surface area (TPSA) is 70.2 Å². The molecule has 2 rings (SSSR count). The Morgan fingerprint density at radius 2 is 2.25 bits per heavy atom. The molecule has 0 fully saturated rings. The minimum absolute atomic E-state index is 0.0590. The summed E-state index contributed by atoms with van der Waals surface area (Å²) in [4.78, 5) is 15.3. The third-order valence-electron chi connectivity index (χ3n) is 2.56. The van der Waals surface area contributed by atoms with Crippen LogP contribution in [0.25, 0.3) is 11.5 Å². The minimum atomic E-state index is -2.93. The van der Waals surface area contributed by atoms with Crippen molar-refractivity contribution >= 4 is 5.97 Å². The SMILES string of the molecule is CCOC(=O)c1oc(-c2cn(C)nc2C)nc1C(F)F. The summed E-state index contributed by atoms with van der Waals surface area (Å²) in [6.45, 7) is 3.32. The van der Waals surface area contributed by atoms with Crippen LogP contribution >= 0.6 is 0 Å². The first-order valence-electron chi connectivity index (χ1n) is 5.90. The summed E-state index contributed by atoms with van der Waals surface area (Å²) < 4.78 is 37.2. The highest BCUT2D eigenvalue weighted by atomic mass is 19.3. The molecule has 0 N–H and O–H groups in total. The van der Waals surface area contributed by atoms with Crippen LogP contribution in [0.2, 0.25) is 0 Å². The first kappa shape index (κ1) is 14.2. The lowest BCUT2D eigenvalue weighted by atomic mass is 10.3. The van der Waals surface area contributed by atoms with Gasteiger partial charge in [0.25, 0.3) is 6.43 Å². The molecular weight excluding hydrogens is 272 g/mol. The van der Waals surface area contributed by atoms with E-state index in [9.17, 15) is 13.6 Å². The number of aryl methyl sites for hydroxylation is 2. The molecule has 0 bridgehead atoms. The molecule has 0 atom stereocenters. The van der Waals surface area contributed by atoms with E-state index < -0.39 is 23.8 Å². The van der Waals surface area contributed by atoms with E-state index in [0.717, 1.165) is 0 Å². The number of hydrogen-bond donors (Lipinski definition) is 0. The number of carbonyl (C=O) groups is 1. The minimum Gasteiger partial charge on any atom is -0.460 e. The van der Waals surface area contributed by atoms with Gasteiger partial charge in [0.05, 0.1) is 17.9 Å². The van der Waals surface area contributed by atoms with E-state index in [-0.39, 0.29) is 12.5 Å². The van der Waals surface area contributed by atoms with Gasteiger partial charge in [-0.15, -0.1) is 0 Å². The average molecular weight is 285 g/mol. The van der Waals surface area contributed by atoms with Gasteiger partial charge in [-0.1, -0.05) is 0 Å². The van der Waals surface area contributed by atoms with Crippen LogP contribution in [0.1, 0.15) is 35.3 Å². The highest BCUT2D eigenvalue weighted by molar-refractivity contribution is 5.88. The molecule has 0 amide bonds. The lowest BCUT2D eigenvalue weighted by Crippen LogP contribution is -2.06. The van der Waals surface area contributed by atoms with Crippen LogP contribution in [0.5, 0.6) is 0 Å². The van der Waals surface area contributed by atoms with Crippen LogP contribution in [-0.2, 0) is 11.8 Å². The summed E-state index contributed by atoms with van der Waals surface area (Å²) in [7, 11) is 1.68. The van der Waals surface area contributed by atoms with Gasteiger partial charge in [-0.05, 0) is 13.8 Å². The number of nitrogens with zero attached hydrogens (tertiary/aromatic N) is 3. The molecule has 6 nitrogen and oxygen atoms in total. The Balaban J connectivity index is 2.49. The standard InChI is InChI=1S/C12H13F2N3O3/c1-4-19-12(18)9-8(10(13)14)15-11(20-9)7-5-17(3)16-6(7)2/h5,10H,4H2,1-3H3. The Labute approximate surface area is 113 Å². The Morgan fingerprint density at radius 3 is 2.75 bits per heavy atom. The van der Waals surface area contributed by atoms with Crippen molar-refractivity contribution in [3.63, 3.8) is 0 Å². The van der Waals surface area contributed by atoms with E-state index in [1.54, 1.807) is 27.1 Å². The first-order valence-corrected chi connectivity index (χ1v) is 5.90. The summed E-state index contributed by atoms with van der Waals surface area (Å²) in [5.74, 6) is -1.60. The number of halogens is 2. The molecule has 108 valence electrons. The second-order valence-corrected chi connectivity index (χ2v) is 4.06. The number of alkyl halides is 2. The lowest BCUT2D eigenvalue weighted by Gasteiger charge is -1.99. The van der Waals surface area contributed by atoms with Crippen LogP contribution in [0.4, 0.5) is 8.78 Å². The van der Waals surface area contributed by atoms with E-state index in [2.05, 4.69) is 14.8 Å². The molecule has 0 aliphatic heterocycles. The maximum absolute atomic E-state index is 12.9. The molecular formula is C12H13F2N3O3. The normalized spacial score (nSPS) is 11.1. The Kier molecular flexibility index (Phi) is 3.82. The molecule has 0 aliphatic carbocycles. The van der Waals surface area contributed by atoms with Gasteiger partial charge in [0.15, 0.2) is 5.69 Å². The van der Waals surface area contributed by atoms with Gasteiger partial charge in [0.1, 0.15) is 0 Å². The van der Waals surface area contributed by atoms with E-state index in [4.69, 9.17) is 4.42 Å². The van der Waals surface area contributed by atoms with Gasteiger partial charge >= 0.3 is 5.97 Å². The third-order valence-corrected chi connectivity index (χ3v) is 2.56. The quantitative estimate of drug-likeness (QED) is 0.807. The van der Waals surface area contributed by atoms with Crippen LogP contribution in [0, 0.1) is 6.92 Å². The van der Waals surface area contributed by atoms with E-state index >= 15 is 0 Å². The fourth-order valence-electron chi connectivity index (χ4n) is 1.75. The van der Waals surface area contributed by atoms with E-state index in [0.29, 0.717) is 11.3 Å². The largest absolute Gasteiger partial charge is 0.460 e. The Hall–Kier alpha value is -2.25. The predicted octanol–water partition coefficient (Wildman–Crippen LogP) is 2.50. The van der Waals surface area contributed by atoms with Crippen molar-refractivity contribution in [2.75, 3.05) is 6.61 Å². The fraction of sp³-hybridized carbons (Fsp3) is 0.417. The Bertz CT molecular complexity index is 634. The van der Waals surface area contributed by atoms with Crippen LogP contribution in [-0.4, -0.2) is 27.3 Å². The zero-order valence-electron chi connectivity index (χ0n) is 11.2. The van der Waals surface area contributed by atoms with E-state index in [1.165, 1.54) is 4.68 Å². The lowest BCUT2D eigenvalue weighted by molar-refractivity contribution is 0.0476. The number of hydrogen-bond acceptors (Lipinski definition) is 5. The van der Waals surface area contributed by atoms with Gasteiger partial charge in [-0.3, -0.25) is 4.68 Å². The zero-order chi connectivity index (χ0) is 14.9. The third kappa shape index (κ3) is 2.54. The van der Waals surface area contributed by atoms with Crippen molar-refractivity contribution in [2.24, 2.45) is 7.05 Å². The fourth-order valence-corrected chi connectivity index (χ4v) is 1.75. The van der Waals surface area contributed by atoms with Crippen molar-refractivity contribution in [1.29, 1.82) is 0 Å². The number of oxazole rings is 1. The highest BCUT2D eigenvalue weighted by Gasteiger charge is 2.28. The number of carbonyl (C=O) groups excluding carboxylic acids is 1. The van der Waals surface area contributed by atoms with Gasteiger partial charge in [0.2, 0.25) is 11.7 Å². The molecule has 0 radical (unpaired) electrons. The van der Waals surface area contributed by atoms with Crippen molar-refractivity contribution in [3.8, 4) is 11.5 Å². The highest BCUT2D eigenvalue weighted by Crippen LogP contribution is 2.29. The van der Waals surface area contributed by atoms with Crippen molar-refractivity contribution < 1.29 is 22.7 Å². The molecule has 0 spiro atoms. The molecule has 2 aromatic heterocycles. The molecule has 2 aromatic rings. The van der Waals surface area contributed by atoms with Gasteiger partial charge in [0, 0.05) is 13.2 Å². The van der Waals surface area contributed by atoms with Gasteiger partial charge in [-0.25, -0.2) is 18.6 Å². The zero-order valence-corrected chi connectivity index (χ0v) is 11.2. The molecule has 0 unspecified atom stereocenters. The molecule has 0 saturated carbocycles. The number of esters is 1. The van der Waals surface area contributed by atoms with Crippen molar-refractivity contribution in [3.05, 3.63) is 23.3 Å². The van der Waals surface area contributed by atoms with Crippen LogP contribution < -0.4 is 0 Å². The molecule has 0 aromatic carbocycles. The summed E-state index contributed by atoms with van der Waals surface area (Å²) in [6.07, 6.45) is -1.35. The second kappa shape index (κ2) is 5.40. The second-order valence-electron chi connectivity index (χ2n) is 4.06. The molecule has 8 heteroatoms.